The molecule has 208 valence electrons. The van der Waals surface area contributed by atoms with Crippen molar-refractivity contribution in [3.63, 3.8) is 0 Å². The monoisotopic (exact) mass is 554 g/mol. The number of nitrogens with zero attached hydrogens (tertiary/aromatic N) is 1. The Morgan fingerprint density at radius 3 is 2.26 bits per heavy atom. The summed E-state index contributed by atoms with van der Waals surface area (Å²) in [4.78, 5) is 12.7. The number of fused-ring (bicyclic) bond motifs is 1. The molecule has 0 fully saturated rings. The van der Waals surface area contributed by atoms with Crippen LogP contribution in [0.15, 0.2) is 83.8 Å². The summed E-state index contributed by atoms with van der Waals surface area (Å²) in [5, 5.41) is 14.1. The van der Waals surface area contributed by atoms with Crippen molar-refractivity contribution in [2.45, 2.75) is 43.9 Å². The average Bonchev–Trinajstić information content (AvgIpc) is 3.40. The molecule has 0 bridgehead atoms. The molecule has 2 N–H and O–H groups in total. The lowest BCUT2D eigenvalue weighted by molar-refractivity contribution is 0.0873. The number of sulfonamides is 1. The summed E-state index contributed by atoms with van der Waals surface area (Å²) >= 11 is 0. The third-order valence-electron chi connectivity index (χ3n) is 6.22. The summed E-state index contributed by atoms with van der Waals surface area (Å²) in [6.45, 7) is 3.83. The zero-order valence-electron chi connectivity index (χ0n) is 22.0. The van der Waals surface area contributed by atoms with Gasteiger partial charge in [0.25, 0.3) is 0 Å². The molecule has 3 aromatic carbocycles. The van der Waals surface area contributed by atoms with E-state index in [2.05, 4.69) is 5.32 Å². The quantitative estimate of drug-likeness (QED) is 0.348. The maximum absolute atomic E-state index is 13.7. The molecule has 0 saturated heterocycles. The molecule has 4 rings (SSSR count). The van der Waals surface area contributed by atoms with E-state index in [1.165, 1.54) is 16.4 Å². The van der Waals surface area contributed by atoms with Crippen molar-refractivity contribution in [3.8, 4) is 11.5 Å². The third-order valence-corrected chi connectivity index (χ3v) is 8.05. The standard InChI is InChI=1S/C29H34N2O7S/c1-21(2)17-31(39(34,35)24-13-14-27-28(16-24)38-20-37-27)18-26(32)25(15-22-9-5-3-6-10-22)30-29(33)36-19-23-11-7-4-8-12-23/h3-14,16,21,25-26,32H,15,17-20H2,1-2H3,(H,30,33)/t25?,26-/m1/s1. The minimum atomic E-state index is -4.00. The Bertz CT molecular complexity index is 1330. The number of carbonyl (C=O) groups is 1. The first-order valence-electron chi connectivity index (χ1n) is 12.8. The van der Waals surface area contributed by atoms with Crippen LogP contribution in [0.5, 0.6) is 11.5 Å². The molecule has 0 spiro atoms. The molecule has 3 aromatic rings. The highest BCUT2D eigenvalue weighted by molar-refractivity contribution is 7.89. The Balaban J connectivity index is 1.52. The van der Waals surface area contributed by atoms with Crippen molar-refractivity contribution < 1.29 is 32.5 Å². The van der Waals surface area contributed by atoms with Crippen LogP contribution in [0.4, 0.5) is 4.79 Å². The summed E-state index contributed by atoms with van der Waals surface area (Å²) in [6, 6.07) is 22.3. The number of benzene rings is 3. The molecule has 1 aliphatic rings. The van der Waals surface area contributed by atoms with Gasteiger partial charge < -0.3 is 24.6 Å². The van der Waals surface area contributed by atoms with Gasteiger partial charge in [0, 0.05) is 19.2 Å². The molecule has 9 nitrogen and oxygen atoms in total. The predicted molar refractivity (Wildman–Crippen MR) is 146 cm³/mol. The number of ether oxygens (including phenoxy) is 3. The van der Waals surface area contributed by atoms with Gasteiger partial charge in [-0.1, -0.05) is 74.5 Å². The van der Waals surface area contributed by atoms with E-state index in [-0.39, 0.29) is 43.7 Å². The zero-order valence-corrected chi connectivity index (χ0v) is 22.8. The normalized spacial score (nSPS) is 14.3. The van der Waals surface area contributed by atoms with Crippen LogP contribution < -0.4 is 14.8 Å². The first-order chi connectivity index (χ1) is 18.7. The second-order valence-corrected chi connectivity index (χ2v) is 11.7. The van der Waals surface area contributed by atoms with Crippen molar-refractivity contribution in [3.05, 3.63) is 90.0 Å². The van der Waals surface area contributed by atoms with E-state index < -0.39 is 28.3 Å². The first-order valence-corrected chi connectivity index (χ1v) is 14.3. The van der Waals surface area contributed by atoms with Crippen LogP contribution in [-0.2, 0) is 27.8 Å². The Kier molecular flexibility index (Phi) is 9.45. The third kappa shape index (κ3) is 7.72. The van der Waals surface area contributed by atoms with Crippen LogP contribution in [0.3, 0.4) is 0 Å². The molecule has 2 atom stereocenters. The molecule has 0 radical (unpaired) electrons. The van der Waals surface area contributed by atoms with E-state index in [0.717, 1.165) is 11.1 Å². The molecule has 1 heterocycles. The van der Waals surface area contributed by atoms with Crippen molar-refractivity contribution in [2.75, 3.05) is 19.9 Å². The topological polar surface area (TPSA) is 114 Å². The maximum atomic E-state index is 13.7. The van der Waals surface area contributed by atoms with Crippen LogP contribution >= 0.6 is 0 Å². The number of aliphatic hydroxyl groups is 1. The van der Waals surface area contributed by atoms with Gasteiger partial charge in [-0.25, -0.2) is 13.2 Å². The molecule has 1 aliphatic heterocycles. The Morgan fingerprint density at radius 2 is 1.59 bits per heavy atom. The summed E-state index contributed by atoms with van der Waals surface area (Å²) < 4.78 is 44.6. The van der Waals surface area contributed by atoms with Crippen molar-refractivity contribution in [1.82, 2.24) is 9.62 Å². The summed E-state index contributed by atoms with van der Waals surface area (Å²) in [5.74, 6) is 0.814. The number of aliphatic hydroxyl groups excluding tert-OH is 1. The molecular formula is C29H34N2O7S. The van der Waals surface area contributed by atoms with Gasteiger partial charge >= 0.3 is 6.09 Å². The van der Waals surface area contributed by atoms with Crippen molar-refractivity contribution >= 4 is 16.1 Å². The molecule has 0 aromatic heterocycles. The highest BCUT2D eigenvalue weighted by Crippen LogP contribution is 2.34. The number of hydrogen-bond acceptors (Lipinski definition) is 7. The van der Waals surface area contributed by atoms with E-state index in [9.17, 15) is 18.3 Å². The Labute approximate surface area is 229 Å². The van der Waals surface area contributed by atoms with Gasteiger partial charge in [0.2, 0.25) is 16.8 Å². The van der Waals surface area contributed by atoms with Gasteiger partial charge in [-0.3, -0.25) is 0 Å². The lowest BCUT2D eigenvalue weighted by Crippen LogP contribution is -2.51. The molecule has 1 unspecified atom stereocenters. The van der Waals surface area contributed by atoms with Crippen molar-refractivity contribution in [1.29, 1.82) is 0 Å². The van der Waals surface area contributed by atoms with E-state index in [1.807, 2.05) is 74.5 Å². The smallest absolute Gasteiger partial charge is 0.407 e. The van der Waals surface area contributed by atoms with Crippen LogP contribution in [0.2, 0.25) is 0 Å². The highest BCUT2D eigenvalue weighted by Gasteiger charge is 2.32. The average molecular weight is 555 g/mol. The van der Waals surface area contributed by atoms with Crippen LogP contribution in [0.25, 0.3) is 0 Å². The summed E-state index contributed by atoms with van der Waals surface area (Å²) in [6.07, 6.45) is -1.65. The lowest BCUT2D eigenvalue weighted by atomic mass is 10.0. The first kappa shape index (κ1) is 28.4. The van der Waals surface area contributed by atoms with Gasteiger partial charge in [0.05, 0.1) is 17.0 Å². The number of amides is 1. The van der Waals surface area contributed by atoms with Crippen LogP contribution in [0, 0.1) is 5.92 Å². The molecule has 1 amide bonds. The summed E-state index contributed by atoms with van der Waals surface area (Å²) in [5.41, 5.74) is 1.70. The largest absolute Gasteiger partial charge is 0.454 e. The van der Waals surface area contributed by atoms with E-state index in [0.29, 0.717) is 11.5 Å². The molecular weight excluding hydrogens is 520 g/mol. The van der Waals surface area contributed by atoms with E-state index >= 15 is 0 Å². The van der Waals surface area contributed by atoms with Gasteiger partial charge in [-0.15, -0.1) is 0 Å². The fourth-order valence-corrected chi connectivity index (χ4v) is 5.91. The molecule has 0 aliphatic carbocycles. The van der Waals surface area contributed by atoms with Gasteiger partial charge in [-0.05, 0) is 35.6 Å². The van der Waals surface area contributed by atoms with Crippen LogP contribution in [0.1, 0.15) is 25.0 Å². The lowest BCUT2D eigenvalue weighted by Gasteiger charge is -2.30. The number of rotatable bonds is 12. The minimum Gasteiger partial charge on any atom is -0.454 e. The van der Waals surface area contributed by atoms with Gasteiger partial charge in [-0.2, -0.15) is 4.31 Å². The van der Waals surface area contributed by atoms with E-state index in [4.69, 9.17) is 14.2 Å². The Morgan fingerprint density at radius 1 is 0.949 bits per heavy atom. The van der Waals surface area contributed by atoms with Crippen LogP contribution in [-0.4, -0.2) is 56.0 Å². The number of alkyl carbamates (subject to hydrolysis) is 1. The second kappa shape index (κ2) is 13.0. The number of hydrogen-bond donors (Lipinski definition) is 2. The molecule has 0 saturated carbocycles. The van der Waals surface area contributed by atoms with Crippen molar-refractivity contribution in [2.24, 2.45) is 5.92 Å². The maximum Gasteiger partial charge on any atom is 0.407 e. The molecule has 39 heavy (non-hydrogen) atoms. The van der Waals surface area contributed by atoms with Gasteiger partial charge in [0.15, 0.2) is 11.5 Å². The number of carbonyl (C=O) groups excluding carboxylic acids is 1. The van der Waals surface area contributed by atoms with E-state index in [1.54, 1.807) is 6.07 Å². The summed E-state index contributed by atoms with van der Waals surface area (Å²) in [7, 11) is -4.00. The fourth-order valence-electron chi connectivity index (χ4n) is 4.27. The molecule has 10 heteroatoms. The number of nitrogens with one attached hydrogen (secondary N) is 1. The SMILES string of the molecule is CC(C)CN(C[C@@H](O)C(Cc1ccccc1)NC(=O)OCc1ccccc1)S(=O)(=O)c1ccc2c(c1)OCO2. The highest BCUT2D eigenvalue weighted by atomic mass is 32.2. The predicted octanol–water partition coefficient (Wildman–Crippen LogP) is 3.96. The minimum absolute atomic E-state index is 0.0163. The van der Waals surface area contributed by atoms with Gasteiger partial charge in [0.1, 0.15) is 6.61 Å². The Hall–Kier alpha value is -3.60. The fraction of sp³-hybridized carbons (Fsp3) is 0.345. The zero-order chi connectivity index (χ0) is 27.8. The second-order valence-electron chi connectivity index (χ2n) is 9.80.